The van der Waals surface area contributed by atoms with Crippen molar-refractivity contribution in [3.8, 4) is 0 Å². The third-order valence-electron chi connectivity index (χ3n) is 7.92. The minimum absolute atomic E-state index is 0.230. The molecule has 0 aromatic rings. The van der Waals surface area contributed by atoms with Crippen molar-refractivity contribution in [3.63, 3.8) is 0 Å². The molecule has 29 heavy (non-hydrogen) atoms. The zero-order valence-corrected chi connectivity index (χ0v) is 18.9. The van der Waals surface area contributed by atoms with Gasteiger partial charge >= 0.3 is 0 Å². The predicted molar refractivity (Wildman–Crippen MR) is 122 cm³/mol. The van der Waals surface area contributed by atoms with Crippen LogP contribution in [0.25, 0.3) is 0 Å². The number of unbranched alkanes of at least 4 members (excludes halogenated alkanes) is 2. The van der Waals surface area contributed by atoms with Crippen molar-refractivity contribution in [2.75, 3.05) is 19.6 Å². The zero-order valence-electron chi connectivity index (χ0n) is 18.9. The molecule has 3 heteroatoms. The number of hydrogen-bond donors (Lipinski definition) is 2. The largest absolute Gasteiger partial charge is 0.392 e. The molecule has 0 amide bonds. The summed E-state index contributed by atoms with van der Waals surface area (Å²) < 4.78 is 0. The Balaban J connectivity index is 1.39. The molecule has 2 fully saturated rings. The van der Waals surface area contributed by atoms with E-state index in [2.05, 4.69) is 30.9 Å². The van der Waals surface area contributed by atoms with Crippen LogP contribution in [0.2, 0.25) is 0 Å². The number of aliphatic hydroxyl groups excluding tert-OH is 2. The monoisotopic (exact) mass is 403 g/mol. The van der Waals surface area contributed by atoms with Crippen LogP contribution in [0, 0.1) is 23.7 Å². The van der Waals surface area contributed by atoms with Crippen LogP contribution in [0.5, 0.6) is 0 Å². The van der Waals surface area contributed by atoms with Crippen molar-refractivity contribution in [1.82, 2.24) is 4.90 Å². The first kappa shape index (κ1) is 23.0. The van der Waals surface area contributed by atoms with E-state index in [0.717, 1.165) is 32.4 Å². The summed E-state index contributed by atoms with van der Waals surface area (Å²) in [6.07, 6.45) is 19.5. The molecule has 3 nitrogen and oxygen atoms in total. The third-order valence-corrected chi connectivity index (χ3v) is 7.92. The molecule has 0 saturated heterocycles. The molecule has 2 saturated carbocycles. The average molecular weight is 404 g/mol. The van der Waals surface area contributed by atoms with Crippen molar-refractivity contribution in [2.24, 2.45) is 23.7 Å². The number of aliphatic hydroxyl groups is 2. The number of rotatable bonds is 12. The van der Waals surface area contributed by atoms with Crippen molar-refractivity contribution in [2.45, 2.75) is 96.7 Å². The van der Waals surface area contributed by atoms with Gasteiger partial charge < -0.3 is 15.1 Å². The molecule has 0 aliphatic heterocycles. The number of hydrogen-bond acceptors (Lipinski definition) is 3. The summed E-state index contributed by atoms with van der Waals surface area (Å²) >= 11 is 0. The molecular weight excluding hydrogens is 358 g/mol. The fourth-order valence-electron chi connectivity index (χ4n) is 6.12. The van der Waals surface area contributed by atoms with Gasteiger partial charge in [0.15, 0.2) is 0 Å². The fourth-order valence-corrected chi connectivity index (χ4v) is 6.12. The fraction of sp³-hybridized carbons (Fsp3) is 0.846. The van der Waals surface area contributed by atoms with E-state index in [-0.39, 0.29) is 18.1 Å². The van der Waals surface area contributed by atoms with E-state index in [1.807, 2.05) is 6.08 Å². The maximum atomic E-state index is 10.6. The van der Waals surface area contributed by atoms with Gasteiger partial charge in [-0.2, -0.15) is 0 Å². The van der Waals surface area contributed by atoms with Crippen LogP contribution < -0.4 is 0 Å². The van der Waals surface area contributed by atoms with Gasteiger partial charge in [-0.3, -0.25) is 0 Å². The van der Waals surface area contributed by atoms with E-state index in [0.29, 0.717) is 17.8 Å². The molecule has 0 aromatic carbocycles. The molecule has 3 rings (SSSR count). The van der Waals surface area contributed by atoms with Crippen LogP contribution in [0.3, 0.4) is 0 Å². The lowest BCUT2D eigenvalue weighted by Crippen LogP contribution is -2.23. The van der Waals surface area contributed by atoms with Gasteiger partial charge in [-0.1, -0.05) is 69.8 Å². The van der Waals surface area contributed by atoms with Gasteiger partial charge in [-0.05, 0) is 75.9 Å². The normalized spacial score (nSPS) is 31.1. The highest BCUT2D eigenvalue weighted by Gasteiger charge is 2.43. The van der Waals surface area contributed by atoms with Crippen LogP contribution in [0.15, 0.2) is 23.8 Å². The van der Waals surface area contributed by atoms with Gasteiger partial charge in [0, 0.05) is 5.92 Å². The molecule has 3 aliphatic carbocycles. The molecule has 166 valence electrons. The van der Waals surface area contributed by atoms with Crippen LogP contribution in [-0.2, 0) is 0 Å². The SMILES string of the molecule is CCN(CC)CCCCCC1=C[C@H]2C[C@@H](O)[C@H](/C=C/[C@@H](O)CC3CCCC3)[C@H]2C1. The summed E-state index contributed by atoms with van der Waals surface area (Å²) in [5.41, 5.74) is 1.62. The molecule has 3 aliphatic rings. The topological polar surface area (TPSA) is 43.7 Å². The van der Waals surface area contributed by atoms with E-state index in [4.69, 9.17) is 0 Å². The highest BCUT2D eigenvalue weighted by Crippen LogP contribution is 2.48. The van der Waals surface area contributed by atoms with Gasteiger partial charge in [0.1, 0.15) is 0 Å². The average Bonchev–Trinajstić information content (AvgIpc) is 3.40. The van der Waals surface area contributed by atoms with Crippen LogP contribution >= 0.6 is 0 Å². The first-order valence-corrected chi connectivity index (χ1v) is 12.6. The van der Waals surface area contributed by atoms with E-state index in [1.54, 1.807) is 5.57 Å². The Bertz CT molecular complexity index is 533. The maximum absolute atomic E-state index is 10.6. The summed E-state index contributed by atoms with van der Waals surface area (Å²) in [5.74, 6) is 2.05. The van der Waals surface area contributed by atoms with Gasteiger partial charge in [-0.25, -0.2) is 0 Å². The molecule has 2 N–H and O–H groups in total. The highest BCUT2D eigenvalue weighted by molar-refractivity contribution is 5.21. The van der Waals surface area contributed by atoms with Crippen molar-refractivity contribution >= 4 is 0 Å². The van der Waals surface area contributed by atoms with Crippen molar-refractivity contribution in [3.05, 3.63) is 23.8 Å². The van der Waals surface area contributed by atoms with Crippen LogP contribution in [-0.4, -0.2) is 47.0 Å². The van der Waals surface area contributed by atoms with E-state index in [1.165, 1.54) is 57.9 Å². The summed E-state index contributed by atoms with van der Waals surface area (Å²) in [4.78, 5) is 2.51. The number of allylic oxidation sites excluding steroid dienone is 2. The first-order valence-electron chi connectivity index (χ1n) is 12.6. The second-order valence-corrected chi connectivity index (χ2v) is 9.91. The Morgan fingerprint density at radius 1 is 1.14 bits per heavy atom. The second kappa shape index (κ2) is 11.7. The van der Waals surface area contributed by atoms with Crippen LogP contribution in [0.1, 0.15) is 84.5 Å². The minimum Gasteiger partial charge on any atom is -0.392 e. The molecular formula is C26H45NO2. The standard InChI is InChI=1S/C26H45NO2/c1-3-27(4-2)15-9-5-6-12-21-16-22-19-26(29)24(25(22)18-21)14-13-23(28)17-20-10-7-8-11-20/h13-14,16,20,22-26,28-29H,3-12,15,17-19H2,1-2H3/b14-13+/t22-,23+,24+,25-,26+/m0/s1. The van der Waals surface area contributed by atoms with Gasteiger partial charge in [0.25, 0.3) is 0 Å². The van der Waals surface area contributed by atoms with E-state index < -0.39 is 0 Å². The third kappa shape index (κ3) is 6.67. The molecule has 0 heterocycles. The summed E-state index contributed by atoms with van der Waals surface area (Å²) in [6, 6.07) is 0. The molecule has 0 radical (unpaired) electrons. The predicted octanol–water partition coefficient (Wildman–Crippen LogP) is 5.33. The Morgan fingerprint density at radius 3 is 2.62 bits per heavy atom. The lowest BCUT2D eigenvalue weighted by molar-refractivity contribution is 0.139. The van der Waals surface area contributed by atoms with E-state index >= 15 is 0 Å². The second-order valence-electron chi connectivity index (χ2n) is 9.91. The van der Waals surface area contributed by atoms with Crippen LogP contribution in [0.4, 0.5) is 0 Å². The lowest BCUT2D eigenvalue weighted by atomic mass is 9.88. The maximum Gasteiger partial charge on any atom is 0.0723 e. The smallest absolute Gasteiger partial charge is 0.0723 e. The first-order chi connectivity index (χ1) is 14.1. The Morgan fingerprint density at radius 2 is 1.90 bits per heavy atom. The molecule has 0 spiro atoms. The van der Waals surface area contributed by atoms with Gasteiger partial charge in [0.2, 0.25) is 0 Å². The Hall–Kier alpha value is -0.640. The number of nitrogens with zero attached hydrogens (tertiary/aromatic N) is 1. The Labute approximate surface area is 179 Å². The van der Waals surface area contributed by atoms with Crippen molar-refractivity contribution in [1.29, 1.82) is 0 Å². The number of fused-ring (bicyclic) bond motifs is 1. The van der Waals surface area contributed by atoms with E-state index in [9.17, 15) is 10.2 Å². The highest BCUT2D eigenvalue weighted by atomic mass is 16.3. The molecule has 0 bridgehead atoms. The lowest BCUT2D eigenvalue weighted by Gasteiger charge is -2.19. The summed E-state index contributed by atoms with van der Waals surface area (Å²) in [5, 5.41) is 21.0. The Kier molecular flexibility index (Phi) is 9.27. The van der Waals surface area contributed by atoms with Crippen molar-refractivity contribution < 1.29 is 10.2 Å². The quantitative estimate of drug-likeness (QED) is 0.342. The minimum atomic E-state index is -0.330. The molecule has 0 aromatic heterocycles. The van der Waals surface area contributed by atoms with Gasteiger partial charge in [-0.15, -0.1) is 0 Å². The summed E-state index contributed by atoms with van der Waals surface area (Å²) in [6.45, 7) is 8.06. The molecule has 0 unspecified atom stereocenters. The molecule has 5 atom stereocenters. The van der Waals surface area contributed by atoms with Gasteiger partial charge in [0.05, 0.1) is 12.2 Å². The summed E-state index contributed by atoms with van der Waals surface area (Å²) in [7, 11) is 0. The zero-order chi connectivity index (χ0) is 20.6.